The van der Waals surface area contributed by atoms with Crippen molar-refractivity contribution in [1.82, 2.24) is 20.2 Å². The minimum atomic E-state index is 0.526. The van der Waals surface area contributed by atoms with E-state index in [4.69, 9.17) is 4.74 Å². The molecule has 0 saturated carbocycles. The fourth-order valence-electron chi connectivity index (χ4n) is 3.28. The van der Waals surface area contributed by atoms with Crippen LogP contribution in [-0.2, 0) is 0 Å². The highest BCUT2D eigenvalue weighted by Crippen LogP contribution is 2.30. The Labute approximate surface area is 173 Å². The minimum absolute atomic E-state index is 0.526. The summed E-state index contributed by atoms with van der Waals surface area (Å²) in [7, 11) is 0. The lowest BCUT2D eigenvalue weighted by Gasteiger charge is -2.08. The van der Waals surface area contributed by atoms with E-state index in [9.17, 15) is 0 Å². The fourth-order valence-corrected chi connectivity index (χ4v) is 3.28. The summed E-state index contributed by atoms with van der Waals surface area (Å²) in [5.74, 6) is 2.67. The summed E-state index contributed by atoms with van der Waals surface area (Å²) >= 11 is 0. The monoisotopic (exact) mass is 393 g/mol. The third kappa shape index (κ3) is 3.71. The van der Waals surface area contributed by atoms with E-state index in [1.165, 1.54) is 5.56 Å². The molecule has 0 aliphatic heterocycles. The van der Waals surface area contributed by atoms with Crippen LogP contribution in [0.5, 0.6) is 11.5 Å². The molecular weight excluding hydrogens is 374 g/mol. The topological polar surface area (TPSA) is 75.7 Å². The maximum atomic E-state index is 6.06. The molecule has 0 aliphatic rings. The molecule has 0 saturated heterocycles. The molecule has 0 aliphatic carbocycles. The van der Waals surface area contributed by atoms with Gasteiger partial charge in [-0.2, -0.15) is 4.98 Å². The first-order valence-electron chi connectivity index (χ1n) is 9.62. The van der Waals surface area contributed by atoms with Gasteiger partial charge in [0, 0.05) is 28.2 Å². The smallest absolute Gasteiger partial charge is 0.246 e. The van der Waals surface area contributed by atoms with E-state index in [0.717, 1.165) is 33.5 Å². The zero-order valence-electron chi connectivity index (χ0n) is 16.3. The van der Waals surface area contributed by atoms with Crippen molar-refractivity contribution in [2.75, 3.05) is 5.32 Å². The number of anilines is 2. The molecule has 0 radical (unpaired) electrons. The molecule has 5 rings (SSSR count). The molecule has 3 aromatic carbocycles. The number of fused-ring (bicyclic) bond motifs is 1. The Kier molecular flexibility index (Phi) is 4.57. The summed E-state index contributed by atoms with van der Waals surface area (Å²) in [5.41, 5.74) is 3.05. The summed E-state index contributed by atoms with van der Waals surface area (Å²) in [6, 6.07) is 23.8. The van der Waals surface area contributed by atoms with Gasteiger partial charge in [0.2, 0.25) is 5.95 Å². The Morgan fingerprint density at radius 1 is 0.900 bits per heavy atom. The van der Waals surface area contributed by atoms with Gasteiger partial charge in [-0.3, -0.25) is 10.1 Å². The van der Waals surface area contributed by atoms with Gasteiger partial charge in [-0.15, -0.1) is 5.10 Å². The van der Waals surface area contributed by atoms with E-state index < -0.39 is 0 Å². The lowest BCUT2D eigenvalue weighted by molar-refractivity contribution is 0.486. The van der Waals surface area contributed by atoms with E-state index in [0.29, 0.717) is 11.8 Å². The molecule has 6 heteroatoms. The second kappa shape index (κ2) is 7.67. The number of H-pyrrole nitrogens is 1. The second-order valence-corrected chi connectivity index (χ2v) is 6.99. The van der Waals surface area contributed by atoms with E-state index in [1.54, 1.807) is 6.20 Å². The lowest BCUT2D eigenvalue weighted by Crippen LogP contribution is -1.92. The molecule has 5 aromatic rings. The van der Waals surface area contributed by atoms with Crippen LogP contribution in [0.1, 0.15) is 5.56 Å². The van der Waals surface area contributed by atoms with Crippen molar-refractivity contribution >= 4 is 22.4 Å². The number of hydrogen-bond donors (Lipinski definition) is 2. The molecule has 2 heterocycles. The fraction of sp³-hybridized carbons (Fsp3) is 0.0417. The Morgan fingerprint density at radius 2 is 1.77 bits per heavy atom. The van der Waals surface area contributed by atoms with Gasteiger partial charge in [-0.05, 0) is 48.9 Å². The molecule has 0 unspecified atom stereocenters. The van der Waals surface area contributed by atoms with Crippen molar-refractivity contribution in [2.45, 2.75) is 6.92 Å². The number of nitrogens with zero attached hydrogens (tertiary/aromatic N) is 3. The van der Waals surface area contributed by atoms with Crippen LogP contribution in [0, 0.1) is 6.92 Å². The molecule has 2 aromatic heterocycles. The molecule has 146 valence electrons. The zero-order chi connectivity index (χ0) is 20.3. The van der Waals surface area contributed by atoms with Crippen LogP contribution < -0.4 is 10.1 Å². The zero-order valence-corrected chi connectivity index (χ0v) is 16.3. The van der Waals surface area contributed by atoms with Gasteiger partial charge in [0.15, 0.2) is 11.6 Å². The first kappa shape index (κ1) is 17.9. The number of benzene rings is 3. The van der Waals surface area contributed by atoms with Crippen molar-refractivity contribution in [3.63, 3.8) is 0 Å². The molecule has 0 atom stereocenters. The van der Waals surface area contributed by atoms with Gasteiger partial charge in [0.25, 0.3) is 0 Å². The van der Waals surface area contributed by atoms with Crippen LogP contribution in [0.4, 0.5) is 11.6 Å². The van der Waals surface area contributed by atoms with Gasteiger partial charge in [0.05, 0.1) is 6.20 Å². The number of rotatable bonds is 5. The summed E-state index contributed by atoms with van der Waals surface area (Å²) in [4.78, 5) is 8.79. The van der Waals surface area contributed by atoms with Crippen molar-refractivity contribution in [1.29, 1.82) is 0 Å². The van der Waals surface area contributed by atoms with Crippen LogP contribution >= 0.6 is 0 Å². The van der Waals surface area contributed by atoms with Crippen LogP contribution in [0.2, 0.25) is 0 Å². The Morgan fingerprint density at radius 3 is 2.63 bits per heavy atom. The Hall–Kier alpha value is -4.19. The van der Waals surface area contributed by atoms with Crippen molar-refractivity contribution in [3.05, 3.63) is 90.8 Å². The lowest BCUT2D eigenvalue weighted by atomic mass is 10.1. The number of nitrogens with one attached hydrogen (secondary N) is 2. The van der Waals surface area contributed by atoms with Crippen molar-refractivity contribution < 1.29 is 4.74 Å². The maximum absolute atomic E-state index is 6.06. The summed E-state index contributed by atoms with van der Waals surface area (Å²) < 4.78 is 6.06. The number of pyridine rings is 1. The molecule has 0 amide bonds. The summed E-state index contributed by atoms with van der Waals surface area (Å²) in [5, 5.41) is 12.5. The number of ether oxygens (including phenoxy) is 1. The van der Waals surface area contributed by atoms with Crippen molar-refractivity contribution in [2.24, 2.45) is 0 Å². The molecule has 0 bridgehead atoms. The van der Waals surface area contributed by atoms with E-state index >= 15 is 0 Å². The molecular formula is C24H19N5O. The Balaban J connectivity index is 1.33. The minimum Gasteiger partial charge on any atom is -0.455 e. The van der Waals surface area contributed by atoms with Gasteiger partial charge >= 0.3 is 0 Å². The highest BCUT2D eigenvalue weighted by Gasteiger charge is 2.08. The average molecular weight is 393 g/mol. The number of aromatic nitrogens is 4. The number of hydrogen-bond acceptors (Lipinski definition) is 5. The summed E-state index contributed by atoms with van der Waals surface area (Å²) in [6.45, 7) is 2.05. The summed E-state index contributed by atoms with van der Waals surface area (Å²) in [6.07, 6.45) is 3.56. The van der Waals surface area contributed by atoms with Crippen LogP contribution in [0.25, 0.3) is 22.2 Å². The van der Waals surface area contributed by atoms with Gasteiger partial charge in [-0.1, -0.05) is 36.4 Å². The van der Waals surface area contributed by atoms with Gasteiger partial charge in [0.1, 0.15) is 5.75 Å². The molecule has 0 fully saturated rings. The highest BCUT2D eigenvalue weighted by molar-refractivity contribution is 5.87. The first-order chi connectivity index (χ1) is 14.7. The normalized spacial score (nSPS) is 10.8. The largest absolute Gasteiger partial charge is 0.455 e. The van der Waals surface area contributed by atoms with E-state index in [1.807, 2.05) is 85.9 Å². The Bertz CT molecular complexity index is 1310. The maximum Gasteiger partial charge on any atom is 0.246 e. The number of aromatic amines is 1. The van der Waals surface area contributed by atoms with Crippen LogP contribution in [0.15, 0.2) is 85.2 Å². The number of aryl methyl sites for hydroxylation is 1. The molecule has 30 heavy (non-hydrogen) atoms. The van der Waals surface area contributed by atoms with Crippen LogP contribution in [0.3, 0.4) is 0 Å². The SMILES string of the molecule is Cc1cccc(Nc2n[nH]c(-c3ccc(Oc4cncc5ccccc45)cc3)n2)c1. The molecule has 2 N–H and O–H groups in total. The highest BCUT2D eigenvalue weighted by atomic mass is 16.5. The average Bonchev–Trinajstić information content (AvgIpc) is 3.23. The van der Waals surface area contributed by atoms with E-state index in [2.05, 4.69) is 25.5 Å². The molecule has 6 nitrogen and oxygen atoms in total. The molecule has 0 spiro atoms. The van der Waals surface area contributed by atoms with Gasteiger partial charge < -0.3 is 10.1 Å². The standard InChI is InChI=1S/C24H19N5O/c1-16-5-4-7-19(13-16)26-24-27-23(28-29-24)17-9-11-20(12-10-17)30-22-15-25-14-18-6-2-3-8-21(18)22/h2-15H,1H3,(H2,26,27,28,29). The van der Waals surface area contributed by atoms with E-state index in [-0.39, 0.29) is 0 Å². The predicted octanol–water partition coefficient (Wildman–Crippen LogP) is 5.86. The third-order valence-electron chi connectivity index (χ3n) is 4.75. The predicted molar refractivity (Wildman–Crippen MR) is 118 cm³/mol. The first-order valence-corrected chi connectivity index (χ1v) is 9.62. The van der Waals surface area contributed by atoms with Gasteiger partial charge in [-0.25, -0.2) is 0 Å². The quantitative estimate of drug-likeness (QED) is 0.391. The second-order valence-electron chi connectivity index (χ2n) is 6.99. The van der Waals surface area contributed by atoms with Crippen molar-refractivity contribution in [3.8, 4) is 22.9 Å². The third-order valence-corrected chi connectivity index (χ3v) is 4.75. The van der Waals surface area contributed by atoms with Crippen LogP contribution in [-0.4, -0.2) is 20.2 Å².